The molecule has 1 aliphatic rings. The largest absolute Gasteiger partial charge is 0.371 e. The molecule has 106 valence electrons. The molecule has 1 N–H and O–H groups in total. The minimum absolute atomic E-state index is 0.654. The number of hydrogen-bond acceptors (Lipinski definition) is 3. The van der Waals surface area contributed by atoms with Crippen LogP contribution in [0.3, 0.4) is 0 Å². The molecular formula is C15H24BrN3. The van der Waals surface area contributed by atoms with Crippen LogP contribution in [0.2, 0.25) is 0 Å². The van der Waals surface area contributed by atoms with Gasteiger partial charge in [-0.25, -0.2) is 0 Å². The molecular weight excluding hydrogens is 302 g/mol. The monoisotopic (exact) mass is 325 g/mol. The fourth-order valence-electron chi connectivity index (χ4n) is 2.78. The number of nitrogens with zero attached hydrogens (tertiary/aromatic N) is 2. The summed E-state index contributed by atoms with van der Waals surface area (Å²) in [7, 11) is 6.44. The lowest BCUT2D eigenvalue weighted by atomic mass is 10.0. The summed E-state index contributed by atoms with van der Waals surface area (Å²) in [5.74, 6) is 0. The van der Waals surface area contributed by atoms with Gasteiger partial charge in [-0.1, -0.05) is 22.0 Å². The first kappa shape index (κ1) is 14.8. The standard InChI is InChI=1S/C15H24BrN3/c1-17-11-12-4-5-13(16)10-15(12)19(3)14-6-8-18(2)9-7-14/h4-5,10,14,17H,6-9,11H2,1-3H3. The van der Waals surface area contributed by atoms with Crippen molar-refractivity contribution >= 4 is 21.6 Å². The van der Waals surface area contributed by atoms with Crippen LogP contribution in [0.4, 0.5) is 5.69 Å². The molecule has 1 aliphatic heterocycles. The van der Waals surface area contributed by atoms with Crippen molar-refractivity contribution in [2.45, 2.75) is 25.4 Å². The predicted molar refractivity (Wildman–Crippen MR) is 85.8 cm³/mol. The molecule has 0 atom stereocenters. The average molecular weight is 326 g/mol. The van der Waals surface area contributed by atoms with Crippen molar-refractivity contribution in [1.82, 2.24) is 10.2 Å². The second kappa shape index (κ2) is 6.73. The van der Waals surface area contributed by atoms with Gasteiger partial charge >= 0.3 is 0 Å². The van der Waals surface area contributed by atoms with E-state index in [1.54, 1.807) is 0 Å². The molecule has 3 nitrogen and oxygen atoms in total. The van der Waals surface area contributed by atoms with Crippen LogP contribution < -0.4 is 10.2 Å². The number of halogens is 1. The fraction of sp³-hybridized carbons (Fsp3) is 0.600. The van der Waals surface area contributed by atoms with Gasteiger partial charge in [-0.2, -0.15) is 0 Å². The Labute approximate surface area is 125 Å². The van der Waals surface area contributed by atoms with Crippen molar-refractivity contribution in [3.05, 3.63) is 28.2 Å². The first-order chi connectivity index (χ1) is 9.11. The van der Waals surface area contributed by atoms with Gasteiger partial charge < -0.3 is 15.1 Å². The van der Waals surface area contributed by atoms with Gasteiger partial charge in [0.15, 0.2) is 0 Å². The third kappa shape index (κ3) is 3.71. The smallest absolute Gasteiger partial charge is 0.0423 e. The summed E-state index contributed by atoms with van der Waals surface area (Å²) in [5.41, 5.74) is 2.71. The number of rotatable bonds is 4. The van der Waals surface area contributed by atoms with E-state index in [4.69, 9.17) is 0 Å². The minimum atomic E-state index is 0.654. The molecule has 0 aliphatic carbocycles. The minimum Gasteiger partial charge on any atom is -0.371 e. The van der Waals surface area contributed by atoms with Crippen LogP contribution in [0.25, 0.3) is 0 Å². The van der Waals surface area contributed by atoms with Gasteiger partial charge in [-0.05, 0) is 57.7 Å². The summed E-state index contributed by atoms with van der Waals surface area (Å²) in [6, 6.07) is 7.23. The summed E-state index contributed by atoms with van der Waals surface area (Å²) < 4.78 is 1.15. The number of nitrogens with one attached hydrogen (secondary N) is 1. The van der Waals surface area contributed by atoms with Crippen LogP contribution in [0, 0.1) is 0 Å². The molecule has 1 heterocycles. The lowest BCUT2D eigenvalue weighted by molar-refractivity contribution is 0.252. The van der Waals surface area contributed by atoms with E-state index in [0.717, 1.165) is 11.0 Å². The Kier molecular flexibility index (Phi) is 5.25. The van der Waals surface area contributed by atoms with Crippen LogP contribution in [0.15, 0.2) is 22.7 Å². The zero-order valence-corrected chi connectivity index (χ0v) is 13.7. The van der Waals surface area contributed by atoms with Crippen molar-refractivity contribution in [2.75, 3.05) is 39.1 Å². The highest BCUT2D eigenvalue weighted by atomic mass is 79.9. The molecule has 0 saturated carbocycles. The Balaban J connectivity index is 2.17. The Bertz CT molecular complexity index is 414. The Morgan fingerprint density at radius 2 is 2.05 bits per heavy atom. The van der Waals surface area contributed by atoms with Crippen LogP contribution in [-0.4, -0.2) is 45.2 Å². The summed E-state index contributed by atoms with van der Waals surface area (Å²) in [6.45, 7) is 3.31. The molecule has 0 spiro atoms. The molecule has 1 aromatic carbocycles. The van der Waals surface area contributed by atoms with Crippen LogP contribution >= 0.6 is 15.9 Å². The van der Waals surface area contributed by atoms with Crippen LogP contribution in [-0.2, 0) is 6.54 Å². The van der Waals surface area contributed by atoms with E-state index in [9.17, 15) is 0 Å². The highest BCUT2D eigenvalue weighted by Crippen LogP contribution is 2.28. The lowest BCUT2D eigenvalue weighted by Gasteiger charge is -2.37. The van der Waals surface area contributed by atoms with Gasteiger partial charge in [0.25, 0.3) is 0 Å². The zero-order chi connectivity index (χ0) is 13.8. The van der Waals surface area contributed by atoms with Crippen LogP contribution in [0.5, 0.6) is 0 Å². The van der Waals surface area contributed by atoms with Gasteiger partial charge in [0.2, 0.25) is 0 Å². The maximum Gasteiger partial charge on any atom is 0.0423 e. The van der Waals surface area contributed by atoms with E-state index >= 15 is 0 Å². The third-order valence-electron chi connectivity index (χ3n) is 4.03. The van der Waals surface area contributed by atoms with Gasteiger partial charge in [0.1, 0.15) is 0 Å². The summed E-state index contributed by atoms with van der Waals surface area (Å²) in [6.07, 6.45) is 2.50. The Hall–Kier alpha value is -0.580. The molecule has 0 bridgehead atoms. The van der Waals surface area contributed by atoms with Gasteiger partial charge in [0.05, 0.1) is 0 Å². The van der Waals surface area contributed by atoms with E-state index < -0.39 is 0 Å². The first-order valence-corrected chi connectivity index (χ1v) is 7.75. The third-order valence-corrected chi connectivity index (χ3v) is 4.52. The van der Waals surface area contributed by atoms with Crippen LogP contribution in [0.1, 0.15) is 18.4 Å². The molecule has 0 amide bonds. The molecule has 19 heavy (non-hydrogen) atoms. The van der Waals surface area contributed by atoms with Crippen molar-refractivity contribution in [2.24, 2.45) is 0 Å². The van der Waals surface area contributed by atoms with Crippen molar-refractivity contribution in [1.29, 1.82) is 0 Å². The quantitative estimate of drug-likeness (QED) is 0.918. The van der Waals surface area contributed by atoms with E-state index in [-0.39, 0.29) is 0 Å². The van der Waals surface area contributed by atoms with E-state index in [1.165, 1.54) is 37.2 Å². The molecule has 2 rings (SSSR count). The van der Waals surface area contributed by atoms with Gasteiger partial charge in [-0.3, -0.25) is 0 Å². The molecule has 0 aromatic heterocycles. The molecule has 1 aromatic rings. The maximum atomic E-state index is 3.59. The summed E-state index contributed by atoms with van der Waals surface area (Å²) in [4.78, 5) is 4.88. The fourth-order valence-corrected chi connectivity index (χ4v) is 3.13. The second-order valence-electron chi connectivity index (χ2n) is 5.45. The normalized spacial score (nSPS) is 17.7. The number of hydrogen-bond donors (Lipinski definition) is 1. The Morgan fingerprint density at radius 1 is 1.37 bits per heavy atom. The first-order valence-electron chi connectivity index (χ1n) is 6.96. The van der Waals surface area contributed by atoms with Crippen molar-refractivity contribution in [3.63, 3.8) is 0 Å². The highest BCUT2D eigenvalue weighted by Gasteiger charge is 2.22. The number of piperidine rings is 1. The van der Waals surface area contributed by atoms with Crippen molar-refractivity contribution in [3.8, 4) is 0 Å². The number of benzene rings is 1. The molecule has 0 radical (unpaired) electrons. The summed E-state index contributed by atoms with van der Waals surface area (Å²) >= 11 is 3.59. The maximum absolute atomic E-state index is 3.59. The molecule has 4 heteroatoms. The summed E-state index contributed by atoms with van der Waals surface area (Å²) in [5, 5.41) is 3.26. The zero-order valence-electron chi connectivity index (χ0n) is 12.1. The van der Waals surface area contributed by atoms with E-state index in [2.05, 4.69) is 63.3 Å². The molecule has 1 saturated heterocycles. The lowest BCUT2D eigenvalue weighted by Crippen LogP contribution is -2.42. The topological polar surface area (TPSA) is 18.5 Å². The predicted octanol–water partition coefficient (Wildman–Crippen LogP) is 2.70. The van der Waals surface area contributed by atoms with E-state index in [0.29, 0.717) is 6.04 Å². The van der Waals surface area contributed by atoms with Gasteiger partial charge in [0, 0.05) is 29.8 Å². The Morgan fingerprint density at radius 3 is 2.68 bits per heavy atom. The van der Waals surface area contributed by atoms with Crippen molar-refractivity contribution < 1.29 is 0 Å². The SMILES string of the molecule is CNCc1ccc(Br)cc1N(C)C1CCN(C)CC1. The molecule has 1 fully saturated rings. The number of anilines is 1. The average Bonchev–Trinajstić information content (AvgIpc) is 2.41. The van der Waals surface area contributed by atoms with Gasteiger partial charge in [-0.15, -0.1) is 0 Å². The highest BCUT2D eigenvalue weighted by molar-refractivity contribution is 9.10. The second-order valence-corrected chi connectivity index (χ2v) is 6.36. The number of likely N-dealkylation sites (tertiary alicyclic amines) is 1. The van der Waals surface area contributed by atoms with E-state index in [1.807, 2.05) is 7.05 Å². The molecule has 0 unspecified atom stereocenters.